The number of unbranched alkanes of at least 4 members (excludes halogenated alkanes) is 2. The Labute approximate surface area is 192 Å². The molecule has 0 bridgehead atoms. The molecule has 184 valence electrons. The second-order valence-electron chi connectivity index (χ2n) is 7.14. The standard InChI is InChI=1S/C24H40O8/c1-3-5-11-27-13-15-29-17-19-31-23(25)21-7-9-22(10-8-21)24(26)32-20-18-30-16-14-28-12-6-4-2/h7-10,23,25H,3-6,11-20H2,1-2H3. The number of hydrogen-bond donors (Lipinski definition) is 1. The Morgan fingerprint density at radius 3 is 1.72 bits per heavy atom. The first-order chi connectivity index (χ1) is 15.7. The first-order valence-electron chi connectivity index (χ1n) is 11.6. The molecule has 0 heterocycles. The summed E-state index contributed by atoms with van der Waals surface area (Å²) in [5, 5.41) is 10.1. The van der Waals surface area contributed by atoms with Gasteiger partial charge in [0, 0.05) is 18.8 Å². The van der Waals surface area contributed by atoms with Crippen molar-refractivity contribution in [2.45, 2.75) is 45.8 Å². The lowest BCUT2D eigenvalue weighted by Crippen LogP contribution is -2.14. The van der Waals surface area contributed by atoms with Gasteiger partial charge in [0.25, 0.3) is 0 Å². The topological polar surface area (TPSA) is 92.7 Å². The summed E-state index contributed by atoms with van der Waals surface area (Å²) in [6.07, 6.45) is 3.23. The number of aliphatic hydroxyl groups is 1. The molecule has 0 fully saturated rings. The van der Waals surface area contributed by atoms with Gasteiger partial charge in [-0.05, 0) is 25.0 Å². The summed E-state index contributed by atoms with van der Waals surface area (Å²) >= 11 is 0. The summed E-state index contributed by atoms with van der Waals surface area (Å²) in [7, 11) is 0. The minimum atomic E-state index is -1.09. The maximum Gasteiger partial charge on any atom is 0.338 e. The highest BCUT2D eigenvalue weighted by molar-refractivity contribution is 5.89. The Balaban J connectivity index is 2.11. The van der Waals surface area contributed by atoms with E-state index in [9.17, 15) is 9.90 Å². The molecule has 8 heteroatoms. The molecule has 0 aliphatic heterocycles. The quantitative estimate of drug-likeness (QED) is 0.171. The molecule has 0 amide bonds. The van der Waals surface area contributed by atoms with Gasteiger partial charge in [-0.1, -0.05) is 38.8 Å². The van der Waals surface area contributed by atoms with Crippen molar-refractivity contribution in [2.24, 2.45) is 0 Å². The molecule has 1 aromatic carbocycles. The number of rotatable bonds is 21. The van der Waals surface area contributed by atoms with Crippen LogP contribution in [0.4, 0.5) is 0 Å². The second-order valence-corrected chi connectivity index (χ2v) is 7.14. The van der Waals surface area contributed by atoms with Crippen molar-refractivity contribution in [1.82, 2.24) is 0 Å². The van der Waals surface area contributed by atoms with E-state index in [1.165, 1.54) is 0 Å². The average molecular weight is 457 g/mol. The summed E-state index contributed by atoms with van der Waals surface area (Å²) in [6.45, 7) is 8.91. The molecule has 1 N–H and O–H groups in total. The van der Waals surface area contributed by atoms with Crippen molar-refractivity contribution in [3.63, 3.8) is 0 Å². The fourth-order valence-corrected chi connectivity index (χ4v) is 2.51. The van der Waals surface area contributed by atoms with Crippen LogP contribution in [0.25, 0.3) is 0 Å². The fourth-order valence-electron chi connectivity index (χ4n) is 2.51. The normalized spacial score (nSPS) is 12.1. The van der Waals surface area contributed by atoms with Gasteiger partial charge in [-0.2, -0.15) is 0 Å². The molecule has 0 saturated heterocycles. The molecule has 8 nitrogen and oxygen atoms in total. The zero-order valence-corrected chi connectivity index (χ0v) is 19.6. The van der Waals surface area contributed by atoms with Crippen LogP contribution in [0, 0.1) is 0 Å². The Morgan fingerprint density at radius 2 is 1.19 bits per heavy atom. The van der Waals surface area contributed by atoms with E-state index in [2.05, 4.69) is 13.8 Å². The highest BCUT2D eigenvalue weighted by Crippen LogP contribution is 2.15. The largest absolute Gasteiger partial charge is 0.460 e. The van der Waals surface area contributed by atoms with Gasteiger partial charge in [0.2, 0.25) is 0 Å². The van der Waals surface area contributed by atoms with Crippen LogP contribution < -0.4 is 0 Å². The first-order valence-corrected chi connectivity index (χ1v) is 11.6. The molecule has 1 unspecified atom stereocenters. The van der Waals surface area contributed by atoms with Gasteiger partial charge in [0.05, 0.1) is 51.8 Å². The summed E-state index contributed by atoms with van der Waals surface area (Å²) in [5.74, 6) is -0.440. The monoisotopic (exact) mass is 456 g/mol. The van der Waals surface area contributed by atoms with E-state index < -0.39 is 12.3 Å². The fraction of sp³-hybridized carbons (Fsp3) is 0.708. The SMILES string of the molecule is CCCCOCCOCCOC(=O)c1ccc(C(O)OCCOCCOCCCC)cc1. The van der Waals surface area contributed by atoms with Gasteiger partial charge in [0.15, 0.2) is 6.29 Å². The molecule has 0 radical (unpaired) electrons. The third-order valence-corrected chi connectivity index (χ3v) is 4.42. The lowest BCUT2D eigenvalue weighted by molar-refractivity contribution is -0.117. The molecular weight excluding hydrogens is 416 g/mol. The lowest BCUT2D eigenvalue weighted by Gasteiger charge is -2.13. The highest BCUT2D eigenvalue weighted by Gasteiger charge is 2.11. The number of carbonyl (C=O) groups is 1. The summed E-state index contributed by atoms with van der Waals surface area (Å²) in [6, 6.07) is 6.45. The van der Waals surface area contributed by atoms with E-state index in [0.29, 0.717) is 50.8 Å². The first kappa shape index (κ1) is 28.5. The predicted molar refractivity (Wildman–Crippen MR) is 121 cm³/mol. The predicted octanol–water partition coefficient (Wildman–Crippen LogP) is 3.52. The van der Waals surface area contributed by atoms with Crippen molar-refractivity contribution in [2.75, 3.05) is 66.1 Å². The van der Waals surface area contributed by atoms with E-state index in [1.54, 1.807) is 24.3 Å². The summed E-state index contributed by atoms with van der Waals surface area (Å²) < 4.78 is 32.1. The summed E-state index contributed by atoms with van der Waals surface area (Å²) in [5.41, 5.74) is 0.950. The van der Waals surface area contributed by atoms with Crippen LogP contribution >= 0.6 is 0 Å². The van der Waals surface area contributed by atoms with Crippen LogP contribution in [0.1, 0.15) is 61.7 Å². The van der Waals surface area contributed by atoms with Crippen molar-refractivity contribution in [3.05, 3.63) is 35.4 Å². The smallest absolute Gasteiger partial charge is 0.338 e. The van der Waals surface area contributed by atoms with Gasteiger partial charge in [-0.25, -0.2) is 4.79 Å². The Morgan fingerprint density at radius 1 is 0.719 bits per heavy atom. The van der Waals surface area contributed by atoms with Gasteiger partial charge in [-0.15, -0.1) is 0 Å². The van der Waals surface area contributed by atoms with E-state index in [-0.39, 0.29) is 13.2 Å². The van der Waals surface area contributed by atoms with E-state index >= 15 is 0 Å². The molecule has 1 rings (SSSR count). The van der Waals surface area contributed by atoms with Gasteiger partial charge >= 0.3 is 5.97 Å². The maximum atomic E-state index is 12.1. The zero-order chi connectivity index (χ0) is 23.3. The van der Waals surface area contributed by atoms with Crippen LogP contribution in [0.3, 0.4) is 0 Å². The Kier molecular flexibility index (Phi) is 17.9. The van der Waals surface area contributed by atoms with Crippen molar-refractivity contribution in [1.29, 1.82) is 0 Å². The van der Waals surface area contributed by atoms with Crippen LogP contribution in [-0.2, 0) is 28.4 Å². The number of ether oxygens (including phenoxy) is 6. The number of benzene rings is 1. The average Bonchev–Trinajstić information content (AvgIpc) is 2.81. The molecule has 0 aromatic heterocycles. The van der Waals surface area contributed by atoms with Crippen LogP contribution in [0.5, 0.6) is 0 Å². The molecule has 1 aromatic rings. The third kappa shape index (κ3) is 14.5. The number of aliphatic hydroxyl groups excluding tert-OH is 1. The Bertz CT molecular complexity index is 564. The molecule has 32 heavy (non-hydrogen) atoms. The third-order valence-electron chi connectivity index (χ3n) is 4.42. The van der Waals surface area contributed by atoms with E-state index in [0.717, 1.165) is 38.9 Å². The Hall–Kier alpha value is -1.55. The highest BCUT2D eigenvalue weighted by atomic mass is 16.6. The lowest BCUT2D eigenvalue weighted by atomic mass is 10.1. The van der Waals surface area contributed by atoms with Crippen LogP contribution in [-0.4, -0.2) is 77.1 Å². The van der Waals surface area contributed by atoms with Crippen molar-refractivity contribution in [3.8, 4) is 0 Å². The van der Waals surface area contributed by atoms with Crippen molar-refractivity contribution >= 4 is 5.97 Å². The second kappa shape index (κ2) is 20.1. The van der Waals surface area contributed by atoms with Gasteiger partial charge in [0.1, 0.15) is 6.61 Å². The minimum absolute atomic E-state index is 0.172. The van der Waals surface area contributed by atoms with Crippen LogP contribution in [0.2, 0.25) is 0 Å². The van der Waals surface area contributed by atoms with Gasteiger partial charge in [-0.3, -0.25) is 0 Å². The molecule has 1 atom stereocenters. The molecule has 0 aliphatic rings. The molecule has 0 aliphatic carbocycles. The summed E-state index contributed by atoms with van der Waals surface area (Å²) in [4.78, 5) is 12.1. The zero-order valence-electron chi connectivity index (χ0n) is 19.6. The number of hydrogen-bond acceptors (Lipinski definition) is 8. The van der Waals surface area contributed by atoms with Crippen molar-refractivity contribution < 1.29 is 38.3 Å². The number of esters is 1. The van der Waals surface area contributed by atoms with Crippen LogP contribution in [0.15, 0.2) is 24.3 Å². The number of carbonyl (C=O) groups excluding carboxylic acids is 1. The maximum absolute atomic E-state index is 12.1. The minimum Gasteiger partial charge on any atom is -0.460 e. The molecule has 0 saturated carbocycles. The molecular formula is C24H40O8. The van der Waals surface area contributed by atoms with Gasteiger partial charge < -0.3 is 33.5 Å². The van der Waals surface area contributed by atoms with E-state index in [1.807, 2.05) is 0 Å². The van der Waals surface area contributed by atoms with E-state index in [4.69, 9.17) is 28.4 Å². The molecule has 0 spiro atoms.